The summed E-state index contributed by atoms with van der Waals surface area (Å²) < 4.78 is 37.3. The SMILES string of the molecule is OCc1cc(Cl)nc(-c2ncc(C(F)(F)F)s2)c1. The van der Waals surface area contributed by atoms with Gasteiger partial charge in [0, 0.05) is 0 Å². The van der Waals surface area contributed by atoms with Crippen LogP contribution in [0.25, 0.3) is 10.7 Å². The van der Waals surface area contributed by atoms with Crippen molar-refractivity contribution in [2.75, 3.05) is 0 Å². The number of aliphatic hydroxyl groups is 1. The summed E-state index contributed by atoms with van der Waals surface area (Å²) in [6.45, 7) is -0.271. The molecular weight excluding hydrogens is 289 g/mol. The van der Waals surface area contributed by atoms with Crippen molar-refractivity contribution >= 4 is 22.9 Å². The van der Waals surface area contributed by atoms with E-state index in [0.717, 1.165) is 6.20 Å². The molecule has 2 rings (SSSR count). The van der Waals surface area contributed by atoms with Crippen LogP contribution in [0.3, 0.4) is 0 Å². The van der Waals surface area contributed by atoms with Gasteiger partial charge in [0.05, 0.1) is 12.8 Å². The number of aliphatic hydroxyl groups excluding tert-OH is 1. The van der Waals surface area contributed by atoms with Crippen molar-refractivity contribution in [1.82, 2.24) is 9.97 Å². The largest absolute Gasteiger partial charge is 0.427 e. The van der Waals surface area contributed by atoms with Crippen LogP contribution in [-0.2, 0) is 12.8 Å². The fourth-order valence-corrected chi connectivity index (χ4v) is 2.25. The summed E-state index contributed by atoms with van der Waals surface area (Å²) in [6, 6.07) is 2.88. The number of hydrogen-bond donors (Lipinski definition) is 1. The van der Waals surface area contributed by atoms with E-state index in [-0.39, 0.29) is 22.5 Å². The van der Waals surface area contributed by atoms with Gasteiger partial charge in [0.1, 0.15) is 20.7 Å². The number of thiazole rings is 1. The summed E-state index contributed by atoms with van der Waals surface area (Å²) in [7, 11) is 0. The second-order valence-corrected chi connectivity index (χ2v) is 4.79. The molecule has 0 saturated carbocycles. The Labute approximate surface area is 109 Å². The standard InChI is InChI=1S/C10H6ClF3N2OS/c11-8-2-5(4-17)1-6(16-8)9-15-3-7(18-9)10(12,13)14/h1-3,17H,4H2. The Morgan fingerprint density at radius 1 is 1.33 bits per heavy atom. The van der Waals surface area contributed by atoms with E-state index in [9.17, 15) is 13.2 Å². The first-order valence-electron chi connectivity index (χ1n) is 4.71. The highest BCUT2D eigenvalue weighted by Crippen LogP contribution is 2.36. The van der Waals surface area contributed by atoms with Gasteiger partial charge in [-0.2, -0.15) is 13.2 Å². The third kappa shape index (κ3) is 2.80. The van der Waals surface area contributed by atoms with Crippen LogP contribution in [-0.4, -0.2) is 15.1 Å². The molecule has 0 aliphatic carbocycles. The van der Waals surface area contributed by atoms with Crippen molar-refractivity contribution in [3.05, 3.63) is 33.9 Å². The predicted molar refractivity (Wildman–Crippen MR) is 61.3 cm³/mol. The Morgan fingerprint density at radius 2 is 2.06 bits per heavy atom. The fourth-order valence-electron chi connectivity index (χ4n) is 1.27. The molecule has 2 aromatic rings. The number of halogens is 4. The molecule has 2 heterocycles. The first-order valence-corrected chi connectivity index (χ1v) is 5.90. The van der Waals surface area contributed by atoms with Gasteiger partial charge in [-0.05, 0) is 17.7 Å². The smallest absolute Gasteiger partial charge is 0.392 e. The number of pyridine rings is 1. The topological polar surface area (TPSA) is 46.0 Å². The zero-order valence-electron chi connectivity index (χ0n) is 8.70. The third-order valence-electron chi connectivity index (χ3n) is 2.04. The average molecular weight is 295 g/mol. The van der Waals surface area contributed by atoms with Crippen LogP contribution in [0.15, 0.2) is 18.3 Å². The van der Waals surface area contributed by atoms with Crippen LogP contribution in [0.5, 0.6) is 0 Å². The van der Waals surface area contributed by atoms with E-state index < -0.39 is 11.1 Å². The zero-order chi connectivity index (χ0) is 13.3. The van der Waals surface area contributed by atoms with Crippen LogP contribution < -0.4 is 0 Å². The molecular formula is C10H6ClF3N2OS. The van der Waals surface area contributed by atoms with Crippen molar-refractivity contribution in [2.45, 2.75) is 12.8 Å². The molecule has 3 nitrogen and oxygen atoms in total. The van der Waals surface area contributed by atoms with Gasteiger partial charge in [-0.15, -0.1) is 11.3 Å². The van der Waals surface area contributed by atoms with Gasteiger partial charge in [-0.3, -0.25) is 0 Å². The van der Waals surface area contributed by atoms with Gasteiger partial charge < -0.3 is 5.11 Å². The Hall–Kier alpha value is -1.18. The average Bonchev–Trinajstić information content (AvgIpc) is 2.77. The van der Waals surface area contributed by atoms with Gasteiger partial charge in [0.25, 0.3) is 0 Å². The van der Waals surface area contributed by atoms with E-state index in [4.69, 9.17) is 16.7 Å². The number of hydrogen-bond acceptors (Lipinski definition) is 4. The molecule has 0 spiro atoms. The van der Waals surface area contributed by atoms with E-state index in [0.29, 0.717) is 16.9 Å². The molecule has 0 fully saturated rings. The van der Waals surface area contributed by atoms with Crippen molar-refractivity contribution in [1.29, 1.82) is 0 Å². The summed E-state index contributed by atoms with van der Waals surface area (Å²) in [5.41, 5.74) is 0.681. The molecule has 0 bridgehead atoms. The molecule has 0 unspecified atom stereocenters. The quantitative estimate of drug-likeness (QED) is 0.864. The van der Waals surface area contributed by atoms with E-state index in [1.165, 1.54) is 12.1 Å². The summed E-state index contributed by atoms with van der Waals surface area (Å²) in [5, 5.41) is 9.19. The molecule has 0 aliphatic rings. The Balaban J connectivity index is 2.43. The number of rotatable bonds is 2. The number of alkyl halides is 3. The van der Waals surface area contributed by atoms with E-state index >= 15 is 0 Å². The van der Waals surface area contributed by atoms with Crippen molar-refractivity contribution in [2.24, 2.45) is 0 Å². The fraction of sp³-hybridized carbons (Fsp3) is 0.200. The van der Waals surface area contributed by atoms with Crippen LogP contribution in [0.4, 0.5) is 13.2 Å². The summed E-state index contributed by atoms with van der Waals surface area (Å²) in [6.07, 6.45) is -3.67. The Morgan fingerprint density at radius 3 is 2.61 bits per heavy atom. The van der Waals surface area contributed by atoms with Gasteiger partial charge in [0.2, 0.25) is 0 Å². The summed E-state index contributed by atoms with van der Waals surface area (Å²) >= 11 is 6.19. The van der Waals surface area contributed by atoms with Crippen molar-refractivity contribution < 1.29 is 18.3 Å². The highest BCUT2D eigenvalue weighted by Gasteiger charge is 2.33. The maximum Gasteiger partial charge on any atom is 0.427 e. The van der Waals surface area contributed by atoms with Gasteiger partial charge in [-0.1, -0.05) is 11.6 Å². The monoisotopic (exact) mass is 294 g/mol. The molecule has 2 aromatic heterocycles. The van der Waals surface area contributed by atoms with Crippen LogP contribution in [0.2, 0.25) is 5.15 Å². The van der Waals surface area contributed by atoms with Gasteiger partial charge >= 0.3 is 6.18 Å². The molecule has 0 radical (unpaired) electrons. The molecule has 8 heteroatoms. The Bertz CT molecular complexity index is 570. The molecule has 0 aliphatic heterocycles. The first-order chi connectivity index (χ1) is 8.40. The maximum atomic E-state index is 12.4. The van der Waals surface area contributed by atoms with Gasteiger partial charge in [-0.25, -0.2) is 9.97 Å². The molecule has 0 amide bonds. The van der Waals surface area contributed by atoms with Gasteiger partial charge in [0.15, 0.2) is 0 Å². The summed E-state index contributed by atoms with van der Waals surface area (Å²) in [5.74, 6) is 0. The lowest BCUT2D eigenvalue weighted by molar-refractivity contribution is -0.134. The highest BCUT2D eigenvalue weighted by atomic mass is 35.5. The maximum absolute atomic E-state index is 12.4. The molecule has 0 aromatic carbocycles. The molecule has 18 heavy (non-hydrogen) atoms. The van der Waals surface area contributed by atoms with Crippen LogP contribution in [0.1, 0.15) is 10.4 Å². The highest BCUT2D eigenvalue weighted by molar-refractivity contribution is 7.15. The van der Waals surface area contributed by atoms with E-state index in [1.54, 1.807) is 0 Å². The lowest BCUT2D eigenvalue weighted by Crippen LogP contribution is -2.00. The number of nitrogens with zero attached hydrogens (tertiary/aromatic N) is 2. The second kappa shape index (κ2) is 4.83. The first kappa shape index (κ1) is 13.3. The minimum Gasteiger partial charge on any atom is -0.392 e. The molecule has 0 atom stereocenters. The Kier molecular flexibility index (Phi) is 3.56. The predicted octanol–water partition coefficient (Wildman–Crippen LogP) is 3.37. The number of aromatic nitrogens is 2. The van der Waals surface area contributed by atoms with Crippen LogP contribution in [0, 0.1) is 0 Å². The van der Waals surface area contributed by atoms with Crippen molar-refractivity contribution in [3.8, 4) is 10.7 Å². The second-order valence-electron chi connectivity index (χ2n) is 3.37. The lowest BCUT2D eigenvalue weighted by Gasteiger charge is -2.01. The molecule has 1 N–H and O–H groups in total. The lowest BCUT2D eigenvalue weighted by atomic mass is 10.2. The normalized spacial score (nSPS) is 11.8. The third-order valence-corrected chi connectivity index (χ3v) is 3.30. The van der Waals surface area contributed by atoms with E-state index in [2.05, 4.69) is 9.97 Å². The zero-order valence-corrected chi connectivity index (χ0v) is 10.3. The summed E-state index contributed by atoms with van der Waals surface area (Å²) in [4.78, 5) is 6.75. The van der Waals surface area contributed by atoms with Crippen LogP contribution >= 0.6 is 22.9 Å². The van der Waals surface area contributed by atoms with E-state index in [1.807, 2.05) is 0 Å². The van der Waals surface area contributed by atoms with Crippen molar-refractivity contribution in [3.63, 3.8) is 0 Å². The molecule has 96 valence electrons. The molecule has 0 saturated heterocycles. The minimum absolute atomic E-state index is 0.0975. The minimum atomic E-state index is -4.42.